The molecule has 0 bridgehead atoms. The van der Waals surface area contributed by atoms with E-state index >= 15 is 0 Å². The Labute approximate surface area is 114 Å². The summed E-state index contributed by atoms with van der Waals surface area (Å²) in [7, 11) is 0. The molecule has 2 aromatic rings. The minimum absolute atomic E-state index is 0.0195. The number of rotatable bonds is 5. The maximum atomic E-state index is 13.5. The summed E-state index contributed by atoms with van der Waals surface area (Å²) in [6.07, 6.45) is 2.78. The summed E-state index contributed by atoms with van der Waals surface area (Å²) in [6, 6.07) is 1.44. The van der Waals surface area contributed by atoms with Gasteiger partial charge < -0.3 is 9.52 Å². The second-order valence-electron chi connectivity index (χ2n) is 5.27. The van der Waals surface area contributed by atoms with Crippen molar-refractivity contribution in [2.24, 2.45) is 5.41 Å². The smallest absolute Gasteiger partial charge is 0.303 e. The van der Waals surface area contributed by atoms with E-state index in [9.17, 15) is 9.18 Å². The van der Waals surface area contributed by atoms with Gasteiger partial charge in [-0.15, -0.1) is 10.2 Å². The first-order chi connectivity index (χ1) is 9.37. The fourth-order valence-corrected chi connectivity index (χ4v) is 1.86. The molecule has 0 radical (unpaired) electrons. The number of carboxylic acids is 1. The Morgan fingerprint density at radius 2 is 2.20 bits per heavy atom. The molecule has 6 nitrogen and oxygen atoms in total. The van der Waals surface area contributed by atoms with Gasteiger partial charge in [0, 0.05) is 12.6 Å². The lowest BCUT2D eigenvalue weighted by Gasteiger charge is -2.19. The van der Waals surface area contributed by atoms with Crippen molar-refractivity contribution in [1.82, 2.24) is 15.2 Å². The topological polar surface area (TPSA) is 89.1 Å². The Morgan fingerprint density at radius 3 is 2.85 bits per heavy atom. The van der Waals surface area contributed by atoms with Gasteiger partial charge in [0.05, 0.1) is 18.2 Å². The largest absolute Gasteiger partial charge is 0.481 e. The van der Waals surface area contributed by atoms with Gasteiger partial charge in [0.2, 0.25) is 5.89 Å². The maximum Gasteiger partial charge on any atom is 0.303 e. The quantitative estimate of drug-likeness (QED) is 0.903. The van der Waals surface area contributed by atoms with Crippen molar-refractivity contribution in [2.45, 2.75) is 26.7 Å². The van der Waals surface area contributed by atoms with E-state index in [1.807, 2.05) is 0 Å². The van der Waals surface area contributed by atoms with Crippen LogP contribution in [-0.2, 0) is 11.2 Å². The highest BCUT2D eigenvalue weighted by molar-refractivity contribution is 5.67. The molecule has 0 aromatic carbocycles. The summed E-state index contributed by atoms with van der Waals surface area (Å²) >= 11 is 0. The van der Waals surface area contributed by atoms with Crippen LogP contribution in [0.1, 0.15) is 26.2 Å². The Morgan fingerprint density at radius 1 is 1.45 bits per heavy atom. The molecule has 0 saturated heterocycles. The number of carboxylic acid groups (broad SMARTS) is 1. The van der Waals surface area contributed by atoms with Crippen LogP contribution >= 0.6 is 0 Å². The van der Waals surface area contributed by atoms with Gasteiger partial charge in [-0.25, -0.2) is 4.39 Å². The first-order valence-electron chi connectivity index (χ1n) is 6.01. The molecule has 20 heavy (non-hydrogen) atoms. The molecular formula is C13H14FN3O3. The van der Waals surface area contributed by atoms with Crippen LogP contribution in [-0.4, -0.2) is 26.3 Å². The lowest BCUT2D eigenvalue weighted by atomic mass is 9.86. The van der Waals surface area contributed by atoms with E-state index < -0.39 is 17.2 Å². The van der Waals surface area contributed by atoms with Crippen molar-refractivity contribution >= 4 is 5.97 Å². The number of hydrogen-bond acceptors (Lipinski definition) is 5. The highest BCUT2D eigenvalue weighted by Gasteiger charge is 2.25. The molecule has 0 fully saturated rings. The molecule has 2 rings (SSSR count). The molecule has 0 unspecified atom stereocenters. The number of nitrogens with zero attached hydrogens (tertiary/aromatic N) is 3. The zero-order valence-electron chi connectivity index (χ0n) is 11.1. The van der Waals surface area contributed by atoms with E-state index in [-0.39, 0.29) is 23.8 Å². The van der Waals surface area contributed by atoms with E-state index in [1.165, 1.54) is 12.3 Å². The van der Waals surface area contributed by atoms with E-state index in [2.05, 4.69) is 15.2 Å². The van der Waals surface area contributed by atoms with Crippen molar-refractivity contribution in [3.05, 3.63) is 30.2 Å². The van der Waals surface area contributed by atoms with Gasteiger partial charge in [0.15, 0.2) is 5.82 Å². The summed E-state index contributed by atoms with van der Waals surface area (Å²) in [5.74, 6) is -1.10. The lowest BCUT2D eigenvalue weighted by Crippen LogP contribution is -2.19. The Hall–Kier alpha value is -2.31. The third kappa shape index (κ3) is 3.37. The average molecular weight is 279 g/mol. The standard InChI is InChI=1S/C13H14FN3O3/c1-13(2,6-11(18)19)5-10-16-17-12(20-10)8-3-4-15-7-9(8)14/h3-4,7H,5-6H2,1-2H3,(H,18,19). The second kappa shape index (κ2) is 5.36. The molecule has 2 aromatic heterocycles. The van der Waals surface area contributed by atoms with E-state index in [0.717, 1.165) is 6.20 Å². The van der Waals surface area contributed by atoms with Crippen LogP contribution < -0.4 is 0 Å². The van der Waals surface area contributed by atoms with Gasteiger partial charge in [-0.05, 0) is 11.5 Å². The molecule has 0 amide bonds. The molecule has 0 spiro atoms. The number of halogens is 1. The zero-order chi connectivity index (χ0) is 14.8. The lowest BCUT2D eigenvalue weighted by molar-refractivity contribution is -0.139. The Balaban J connectivity index is 2.18. The molecule has 0 aliphatic carbocycles. The molecule has 0 atom stereocenters. The van der Waals surface area contributed by atoms with Crippen molar-refractivity contribution in [3.63, 3.8) is 0 Å². The fraction of sp³-hybridized carbons (Fsp3) is 0.385. The Bertz CT molecular complexity index is 625. The number of pyridine rings is 1. The number of hydrogen-bond donors (Lipinski definition) is 1. The molecule has 0 saturated carbocycles. The van der Waals surface area contributed by atoms with Crippen molar-refractivity contribution < 1.29 is 18.7 Å². The SMILES string of the molecule is CC(C)(CC(=O)O)Cc1nnc(-c2ccncc2F)o1. The summed E-state index contributed by atoms with van der Waals surface area (Å²) in [5, 5.41) is 16.4. The molecule has 7 heteroatoms. The van der Waals surface area contributed by atoms with Gasteiger partial charge >= 0.3 is 5.97 Å². The van der Waals surface area contributed by atoms with Gasteiger partial charge in [-0.2, -0.15) is 0 Å². The number of aliphatic carboxylic acids is 1. The van der Waals surface area contributed by atoms with Crippen LogP contribution in [0.25, 0.3) is 11.5 Å². The van der Waals surface area contributed by atoms with E-state index in [4.69, 9.17) is 9.52 Å². The third-order valence-electron chi connectivity index (χ3n) is 2.73. The highest BCUT2D eigenvalue weighted by atomic mass is 19.1. The minimum Gasteiger partial charge on any atom is -0.481 e. The first kappa shape index (κ1) is 14.1. The van der Waals surface area contributed by atoms with Crippen LogP contribution in [0.2, 0.25) is 0 Å². The van der Waals surface area contributed by atoms with Crippen molar-refractivity contribution in [3.8, 4) is 11.5 Å². The predicted octanol–water partition coefficient (Wildman–Crippen LogP) is 2.31. The second-order valence-corrected chi connectivity index (χ2v) is 5.27. The fourth-order valence-electron chi connectivity index (χ4n) is 1.86. The molecule has 0 aliphatic rings. The summed E-state index contributed by atoms with van der Waals surface area (Å²) in [5.41, 5.74) is -0.346. The number of aromatic nitrogens is 3. The minimum atomic E-state index is -0.894. The summed E-state index contributed by atoms with van der Waals surface area (Å²) in [4.78, 5) is 14.4. The molecule has 0 aliphatic heterocycles. The molecule has 2 heterocycles. The van der Waals surface area contributed by atoms with Crippen LogP contribution in [0, 0.1) is 11.2 Å². The van der Waals surface area contributed by atoms with E-state index in [1.54, 1.807) is 13.8 Å². The Kier molecular flexibility index (Phi) is 3.78. The predicted molar refractivity (Wildman–Crippen MR) is 67.2 cm³/mol. The van der Waals surface area contributed by atoms with Crippen LogP contribution in [0.3, 0.4) is 0 Å². The van der Waals surface area contributed by atoms with Crippen LogP contribution in [0.15, 0.2) is 22.9 Å². The van der Waals surface area contributed by atoms with Crippen LogP contribution in [0.5, 0.6) is 0 Å². The normalized spacial score (nSPS) is 11.6. The summed E-state index contributed by atoms with van der Waals surface area (Å²) in [6.45, 7) is 3.58. The van der Waals surface area contributed by atoms with Crippen molar-refractivity contribution in [1.29, 1.82) is 0 Å². The average Bonchev–Trinajstić information content (AvgIpc) is 2.75. The maximum absolute atomic E-state index is 13.5. The van der Waals surface area contributed by atoms with Gasteiger partial charge in [0.1, 0.15) is 0 Å². The zero-order valence-corrected chi connectivity index (χ0v) is 11.1. The monoisotopic (exact) mass is 279 g/mol. The molecular weight excluding hydrogens is 265 g/mol. The molecule has 106 valence electrons. The van der Waals surface area contributed by atoms with Gasteiger partial charge in [-0.3, -0.25) is 9.78 Å². The van der Waals surface area contributed by atoms with Crippen LogP contribution in [0.4, 0.5) is 4.39 Å². The highest BCUT2D eigenvalue weighted by Crippen LogP contribution is 2.27. The summed E-state index contributed by atoms with van der Waals surface area (Å²) < 4.78 is 18.9. The molecule has 1 N–H and O–H groups in total. The first-order valence-corrected chi connectivity index (χ1v) is 6.01. The van der Waals surface area contributed by atoms with E-state index in [0.29, 0.717) is 6.42 Å². The van der Waals surface area contributed by atoms with Gasteiger partial charge in [-0.1, -0.05) is 13.8 Å². The van der Waals surface area contributed by atoms with Gasteiger partial charge in [0.25, 0.3) is 5.89 Å². The third-order valence-corrected chi connectivity index (χ3v) is 2.73. The van der Waals surface area contributed by atoms with Crippen molar-refractivity contribution in [2.75, 3.05) is 0 Å². The number of carbonyl (C=O) groups is 1.